The van der Waals surface area contributed by atoms with Gasteiger partial charge in [-0.05, 0) is 56.5 Å². The number of rotatable bonds is 4. The van der Waals surface area contributed by atoms with Crippen molar-refractivity contribution in [1.82, 2.24) is 29.8 Å². The first-order valence-corrected chi connectivity index (χ1v) is 10.5. The van der Waals surface area contributed by atoms with E-state index >= 15 is 0 Å². The molecular formula is C21H25FN6O. The van der Waals surface area contributed by atoms with Crippen LogP contribution in [0, 0.1) is 5.82 Å². The lowest BCUT2D eigenvalue weighted by atomic mass is 9.97. The second-order valence-corrected chi connectivity index (χ2v) is 8.03. The summed E-state index contributed by atoms with van der Waals surface area (Å²) in [5.41, 5.74) is 0.754. The fourth-order valence-electron chi connectivity index (χ4n) is 4.45. The Morgan fingerprint density at radius 1 is 1.03 bits per heavy atom. The van der Waals surface area contributed by atoms with Crippen molar-refractivity contribution in [2.45, 2.75) is 57.5 Å². The second-order valence-electron chi connectivity index (χ2n) is 8.03. The average Bonchev–Trinajstić information content (AvgIpc) is 3.30. The van der Waals surface area contributed by atoms with Gasteiger partial charge < -0.3 is 9.09 Å². The van der Waals surface area contributed by atoms with Gasteiger partial charge >= 0.3 is 0 Å². The predicted octanol–water partition coefficient (Wildman–Crippen LogP) is 3.57. The molecule has 1 unspecified atom stereocenters. The van der Waals surface area contributed by atoms with Crippen molar-refractivity contribution in [3.8, 4) is 11.4 Å². The number of aromatic nitrogens is 5. The van der Waals surface area contributed by atoms with E-state index in [0.717, 1.165) is 56.1 Å². The molecule has 5 rings (SSSR count). The number of aryl methyl sites for hydroxylation is 1. The molecule has 0 aliphatic carbocycles. The van der Waals surface area contributed by atoms with Crippen LogP contribution in [0.4, 0.5) is 4.39 Å². The van der Waals surface area contributed by atoms with Crippen LogP contribution >= 0.6 is 0 Å². The number of piperidine rings is 1. The molecule has 4 heterocycles. The Balaban J connectivity index is 1.27. The molecular weight excluding hydrogens is 371 g/mol. The number of hydrogen-bond acceptors (Lipinski definition) is 6. The minimum Gasteiger partial charge on any atom is -0.338 e. The SMILES string of the molecule is Fc1ccc(-c2noc(CN3CCCC(c4nnc5n4CCCCC5)C3)n2)cc1. The quantitative estimate of drug-likeness (QED) is 0.671. The fourth-order valence-corrected chi connectivity index (χ4v) is 4.45. The van der Waals surface area contributed by atoms with E-state index in [9.17, 15) is 4.39 Å². The summed E-state index contributed by atoms with van der Waals surface area (Å²) >= 11 is 0. The second kappa shape index (κ2) is 8.02. The van der Waals surface area contributed by atoms with Crippen molar-refractivity contribution in [1.29, 1.82) is 0 Å². The summed E-state index contributed by atoms with van der Waals surface area (Å²) in [4.78, 5) is 6.86. The summed E-state index contributed by atoms with van der Waals surface area (Å²) in [5, 5.41) is 13.1. The van der Waals surface area contributed by atoms with Crippen LogP contribution < -0.4 is 0 Å². The highest BCUT2D eigenvalue weighted by Gasteiger charge is 2.28. The lowest BCUT2D eigenvalue weighted by Crippen LogP contribution is -2.35. The third-order valence-corrected chi connectivity index (χ3v) is 5.94. The monoisotopic (exact) mass is 396 g/mol. The van der Waals surface area contributed by atoms with Crippen LogP contribution in [0.25, 0.3) is 11.4 Å². The number of fused-ring (bicyclic) bond motifs is 1. The minimum absolute atomic E-state index is 0.275. The summed E-state index contributed by atoms with van der Waals surface area (Å²) in [6.07, 6.45) is 6.99. The van der Waals surface area contributed by atoms with Gasteiger partial charge in [-0.2, -0.15) is 4.98 Å². The molecule has 1 atom stereocenters. The standard InChI is InChI=1S/C21H25FN6O/c22-17-9-7-15(8-10-17)20-23-19(29-26-20)14-27-11-4-5-16(13-27)21-25-24-18-6-2-1-3-12-28(18)21/h7-10,16H,1-6,11-14H2. The maximum Gasteiger partial charge on any atom is 0.241 e. The van der Waals surface area contributed by atoms with E-state index in [2.05, 4.69) is 29.8 Å². The molecule has 7 nitrogen and oxygen atoms in total. The highest BCUT2D eigenvalue weighted by atomic mass is 19.1. The molecule has 2 aliphatic rings. The van der Waals surface area contributed by atoms with Gasteiger partial charge in [0.2, 0.25) is 11.7 Å². The predicted molar refractivity (Wildman–Crippen MR) is 105 cm³/mol. The highest BCUT2D eigenvalue weighted by molar-refractivity contribution is 5.53. The van der Waals surface area contributed by atoms with Crippen LogP contribution in [-0.4, -0.2) is 42.9 Å². The first-order chi connectivity index (χ1) is 14.3. The fraction of sp³-hybridized carbons (Fsp3) is 0.524. The Labute approximate surface area is 168 Å². The lowest BCUT2D eigenvalue weighted by Gasteiger charge is -2.31. The van der Waals surface area contributed by atoms with Crippen molar-refractivity contribution in [3.63, 3.8) is 0 Å². The van der Waals surface area contributed by atoms with Gasteiger partial charge in [0.1, 0.15) is 17.5 Å². The number of likely N-dealkylation sites (tertiary alicyclic amines) is 1. The van der Waals surface area contributed by atoms with E-state index in [1.807, 2.05) is 0 Å². The van der Waals surface area contributed by atoms with E-state index in [0.29, 0.717) is 24.2 Å². The van der Waals surface area contributed by atoms with Crippen molar-refractivity contribution in [3.05, 3.63) is 47.6 Å². The van der Waals surface area contributed by atoms with E-state index in [4.69, 9.17) is 4.52 Å². The molecule has 0 bridgehead atoms. The highest BCUT2D eigenvalue weighted by Crippen LogP contribution is 2.29. The Kier molecular flexibility index (Phi) is 5.10. The maximum absolute atomic E-state index is 13.1. The summed E-state index contributed by atoms with van der Waals surface area (Å²) in [7, 11) is 0. The van der Waals surface area contributed by atoms with E-state index in [1.165, 1.54) is 31.4 Å². The Hall–Kier alpha value is -2.61. The topological polar surface area (TPSA) is 72.9 Å². The Morgan fingerprint density at radius 3 is 2.83 bits per heavy atom. The third-order valence-electron chi connectivity index (χ3n) is 5.94. The molecule has 1 fully saturated rings. The summed E-state index contributed by atoms with van der Waals surface area (Å²) in [6.45, 7) is 3.59. The third kappa shape index (κ3) is 3.94. The normalized spacial score (nSPS) is 20.4. The number of nitrogens with zero attached hydrogens (tertiary/aromatic N) is 6. The van der Waals surface area contributed by atoms with Crippen LogP contribution in [0.15, 0.2) is 28.8 Å². The first kappa shape index (κ1) is 18.4. The van der Waals surface area contributed by atoms with Crippen molar-refractivity contribution in [2.24, 2.45) is 0 Å². The summed E-state index contributed by atoms with van der Waals surface area (Å²) < 4.78 is 20.9. The molecule has 3 aromatic rings. The van der Waals surface area contributed by atoms with E-state index < -0.39 is 0 Å². The zero-order chi connectivity index (χ0) is 19.6. The smallest absolute Gasteiger partial charge is 0.241 e. The molecule has 0 amide bonds. The average molecular weight is 396 g/mol. The summed E-state index contributed by atoms with van der Waals surface area (Å²) in [6, 6.07) is 6.14. The molecule has 0 saturated carbocycles. The van der Waals surface area contributed by atoms with Crippen LogP contribution in [0.3, 0.4) is 0 Å². The van der Waals surface area contributed by atoms with Crippen molar-refractivity contribution in [2.75, 3.05) is 13.1 Å². The van der Waals surface area contributed by atoms with Crippen molar-refractivity contribution < 1.29 is 8.91 Å². The van der Waals surface area contributed by atoms with Gasteiger partial charge in [-0.1, -0.05) is 11.6 Å². The van der Waals surface area contributed by atoms with E-state index in [-0.39, 0.29) is 5.82 Å². The molecule has 0 spiro atoms. The van der Waals surface area contributed by atoms with Gasteiger partial charge in [0.15, 0.2) is 0 Å². The van der Waals surface area contributed by atoms with Gasteiger partial charge in [0, 0.05) is 31.0 Å². The molecule has 1 saturated heterocycles. The maximum atomic E-state index is 13.1. The Morgan fingerprint density at radius 2 is 1.93 bits per heavy atom. The number of hydrogen-bond donors (Lipinski definition) is 0. The number of halogens is 1. The Bertz CT molecular complexity index is 966. The van der Waals surface area contributed by atoms with Gasteiger partial charge in [0.05, 0.1) is 6.54 Å². The van der Waals surface area contributed by atoms with E-state index in [1.54, 1.807) is 12.1 Å². The molecule has 8 heteroatoms. The van der Waals surface area contributed by atoms with Gasteiger partial charge in [-0.3, -0.25) is 4.90 Å². The zero-order valence-corrected chi connectivity index (χ0v) is 16.4. The molecule has 2 aliphatic heterocycles. The van der Waals surface area contributed by atoms with Crippen LogP contribution in [0.1, 0.15) is 55.6 Å². The molecule has 0 radical (unpaired) electrons. The van der Waals surface area contributed by atoms with Crippen LogP contribution in [0.2, 0.25) is 0 Å². The zero-order valence-electron chi connectivity index (χ0n) is 16.4. The van der Waals surface area contributed by atoms with Crippen molar-refractivity contribution >= 4 is 0 Å². The van der Waals surface area contributed by atoms with Crippen LogP contribution in [-0.2, 0) is 19.5 Å². The molecule has 29 heavy (non-hydrogen) atoms. The lowest BCUT2D eigenvalue weighted by molar-refractivity contribution is 0.172. The largest absolute Gasteiger partial charge is 0.338 e. The molecule has 0 N–H and O–H groups in total. The minimum atomic E-state index is -0.275. The summed E-state index contributed by atoms with van der Waals surface area (Å²) in [5.74, 6) is 3.49. The van der Waals surface area contributed by atoms with Gasteiger partial charge in [0.25, 0.3) is 0 Å². The molecule has 152 valence electrons. The molecule has 1 aromatic carbocycles. The molecule has 2 aromatic heterocycles. The van der Waals surface area contributed by atoms with Gasteiger partial charge in [-0.15, -0.1) is 10.2 Å². The first-order valence-electron chi connectivity index (χ1n) is 10.5. The van der Waals surface area contributed by atoms with Crippen LogP contribution in [0.5, 0.6) is 0 Å². The van der Waals surface area contributed by atoms with Gasteiger partial charge in [-0.25, -0.2) is 4.39 Å². The number of benzene rings is 1.